The summed E-state index contributed by atoms with van der Waals surface area (Å²) in [4.78, 5) is 20.9. The highest BCUT2D eigenvalue weighted by molar-refractivity contribution is 5.85. The Morgan fingerprint density at radius 1 is 0.885 bits per heavy atom. The summed E-state index contributed by atoms with van der Waals surface area (Å²) in [6.45, 7) is 5.21. The average molecular weight is 354 g/mol. The van der Waals surface area contributed by atoms with Crippen LogP contribution in [0.3, 0.4) is 0 Å². The molecule has 0 spiro atoms. The van der Waals surface area contributed by atoms with Crippen molar-refractivity contribution in [2.24, 2.45) is 5.92 Å². The van der Waals surface area contributed by atoms with E-state index in [1.54, 1.807) is 6.92 Å². The fourth-order valence-electron chi connectivity index (χ4n) is 2.20. The molecule has 4 nitrogen and oxygen atoms in total. The number of benzene rings is 2. The molecule has 0 fully saturated rings. The lowest BCUT2D eigenvalue weighted by molar-refractivity contribution is -0.141. The second-order valence-electron chi connectivity index (χ2n) is 6.16. The van der Waals surface area contributed by atoms with Crippen LogP contribution in [0.2, 0.25) is 0 Å². The minimum atomic E-state index is -0.907. The van der Waals surface area contributed by atoms with Crippen LogP contribution in [0.4, 0.5) is 0 Å². The lowest BCUT2D eigenvalue weighted by atomic mass is 10.0. The van der Waals surface area contributed by atoms with Crippen molar-refractivity contribution in [3.05, 3.63) is 83.9 Å². The van der Waals surface area contributed by atoms with E-state index in [1.807, 2.05) is 60.7 Å². The summed E-state index contributed by atoms with van der Waals surface area (Å²) >= 11 is 0. The molecule has 0 saturated heterocycles. The molecule has 1 atom stereocenters. The maximum atomic E-state index is 10.5. The highest BCUT2D eigenvalue weighted by atomic mass is 16.4. The zero-order valence-corrected chi connectivity index (χ0v) is 15.1. The van der Waals surface area contributed by atoms with Gasteiger partial charge in [-0.3, -0.25) is 4.79 Å². The fraction of sp³-hybridized carbons (Fsp3) is 0.273. The molecule has 0 bridgehead atoms. The molecule has 0 amide bonds. The molecule has 138 valence electrons. The Hall–Kier alpha value is -2.88. The van der Waals surface area contributed by atoms with Gasteiger partial charge in [0.1, 0.15) is 0 Å². The Labute approximate surface area is 154 Å². The normalized spacial score (nSPS) is 11.0. The first kappa shape index (κ1) is 21.2. The van der Waals surface area contributed by atoms with Crippen molar-refractivity contribution in [2.75, 3.05) is 0 Å². The largest absolute Gasteiger partial charge is 0.481 e. The van der Waals surface area contributed by atoms with E-state index in [0.717, 1.165) is 18.4 Å². The summed E-state index contributed by atoms with van der Waals surface area (Å²) in [5, 5.41) is 17.2. The van der Waals surface area contributed by atoms with Crippen LogP contribution in [0.1, 0.15) is 30.9 Å². The van der Waals surface area contributed by atoms with Crippen LogP contribution >= 0.6 is 0 Å². The number of hydrogen-bond acceptors (Lipinski definition) is 2. The molecular weight excluding hydrogens is 328 g/mol. The van der Waals surface area contributed by atoms with E-state index in [9.17, 15) is 9.59 Å². The Morgan fingerprint density at radius 2 is 1.35 bits per heavy atom. The number of aliphatic carboxylic acids is 2. The summed E-state index contributed by atoms with van der Waals surface area (Å²) in [6.07, 6.45) is 2.80. The first-order valence-corrected chi connectivity index (χ1v) is 8.62. The monoisotopic (exact) mass is 354 g/mol. The molecule has 0 heterocycles. The molecule has 0 unspecified atom stereocenters. The molecule has 2 aromatic carbocycles. The molecule has 26 heavy (non-hydrogen) atoms. The van der Waals surface area contributed by atoms with Gasteiger partial charge in [0.15, 0.2) is 0 Å². The van der Waals surface area contributed by atoms with Gasteiger partial charge in [0.2, 0.25) is 0 Å². The lowest BCUT2D eigenvalue weighted by Gasteiger charge is -2.05. The SMILES string of the molecule is C=C(CCc1ccccc1)C(=O)O.C[C@H](CCc1ccccc1)C(=O)O. The van der Waals surface area contributed by atoms with Crippen LogP contribution in [0, 0.1) is 5.92 Å². The predicted octanol–water partition coefficient (Wildman–Crippen LogP) is 4.60. The number of aryl methyl sites for hydroxylation is 2. The van der Waals surface area contributed by atoms with E-state index in [1.165, 1.54) is 5.56 Å². The Balaban J connectivity index is 0.000000260. The number of rotatable bonds is 8. The Morgan fingerprint density at radius 3 is 1.77 bits per heavy atom. The second-order valence-corrected chi connectivity index (χ2v) is 6.16. The van der Waals surface area contributed by atoms with Crippen molar-refractivity contribution in [3.63, 3.8) is 0 Å². The molecule has 0 radical (unpaired) electrons. The summed E-state index contributed by atoms with van der Waals surface area (Å²) in [5.41, 5.74) is 2.62. The summed E-state index contributed by atoms with van der Waals surface area (Å²) in [5.74, 6) is -1.87. The highest BCUT2D eigenvalue weighted by Gasteiger charge is 2.09. The predicted molar refractivity (Wildman–Crippen MR) is 103 cm³/mol. The molecule has 2 aromatic rings. The van der Waals surface area contributed by atoms with Crippen LogP contribution in [-0.4, -0.2) is 22.2 Å². The molecule has 2 rings (SSSR count). The third-order valence-electron chi connectivity index (χ3n) is 3.99. The zero-order valence-electron chi connectivity index (χ0n) is 15.1. The van der Waals surface area contributed by atoms with E-state index in [-0.39, 0.29) is 11.5 Å². The van der Waals surface area contributed by atoms with E-state index >= 15 is 0 Å². The van der Waals surface area contributed by atoms with Crippen molar-refractivity contribution in [3.8, 4) is 0 Å². The number of carboxylic acid groups (broad SMARTS) is 2. The van der Waals surface area contributed by atoms with Gasteiger partial charge in [0, 0.05) is 5.57 Å². The van der Waals surface area contributed by atoms with Crippen molar-refractivity contribution in [1.29, 1.82) is 0 Å². The van der Waals surface area contributed by atoms with Crippen molar-refractivity contribution < 1.29 is 19.8 Å². The molecule has 2 N–H and O–H groups in total. The topological polar surface area (TPSA) is 74.6 Å². The van der Waals surface area contributed by atoms with E-state index in [0.29, 0.717) is 12.8 Å². The standard InChI is InChI=1S/C11H14O2.C11H12O2/c2*1-9(11(12)13)7-8-10-5-3-2-4-6-10/h2-6,9H,7-8H2,1H3,(H,12,13);2-6H,1,7-8H2,(H,12,13)/t9-;/m1./s1. The van der Waals surface area contributed by atoms with E-state index in [4.69, 9.17) is 10.2 Å². The van der Waals surface area contributed by atoms with E-state index < -0.39 is 11.9 Å². The molecule has 4 heteroatoms. The molecule has 0 aliphatic carbocycles. The van der Waals surface area contributed by atoms with Gasteiger partial charge in [-0.25, -0.2) is 4.79 Å². The third kappa shape index (κ3) is 8.83. The van der Waals surface area contributed by atoms with Crippen molar-refractivity contribution >= 4 is 11.9 Å². The maximum Gasteiger partial charge on any atom is 0.330 e. The van der Waals surface area contributed by atoms with Gasteiger partial charge in [-0.05, 0) is 36.8 Å². The van der Waals surface area contributed by atoms with Crippen LogP contribution in [0.25, 0.3) is 0 Å². The fourth-order valence-corrected chi connectivity index (χ4v) is 2.20. The maximum absolute atomic E-state index is 10.5. The highest BCUT2D eigenvalue weighted by Crippen LogP contribution is 2.09. The smallest absolute Gasteiger partial charge is 0.330 e. The van der Waals surface area contributed by atoms with Gasteiger partial charge in [-0.1, -0.05) is 74.2 Å². The molecule has 0 saturated carbocycles. The van der Waals surface area contributed by atoms with Gasteiger partial charge in [0.05, 0.1) is 5.92 Å². The minimum absolute atomic E-state index is 0.250. The van der Waals surface area contributed by atoms with Crippen LogP contribution in [0.5, 0.6) is 0 Å². The van der Waals surface area contributed by atoms with Crippen molar-refractivity contribution in [2.45, 2.75) is 32.6 Å². The van der Waals surface area contributed by atoms with E-state index in [2.05, 4.69) is 6.58 Å². The molecule has 0 aliphatic heterocycles. The molecular formula is C22H26O4. The van der Waals surface area contributed by atoms with Crippen LogP contribution in [0.15, 0.2) is 72.8 Å². The Bertz CT molecular complexity index is 693. The quantitative estimate of drug-likeness (QED) is 0.679. The number of carbonyl (C=O) groups is 2. The lowest BCUT2D eigenvalue weighted by Crippen LogP contribution is -2.10. The van der Waals surface area contributed by atoms with Crippen LogP contribution in [-0.2, 0) is 22.4 Å². The first-order chi connectivity index (χ1) is 12.4. The summed E-state index contributed by atoms with van der Waals surface area (Å²) in [6, 6.07) is 19.7. The first-order valence-electron chi connectivity index (χ1n) is 8.62. The molecule has 0 aromatic heterocycles. The van der Waals surface area contributed by atoms with Gasteiger partial charge < -0.3 is 10.2 Å². The summed E-state index contributed by atoms with van der Waals surface area (Å²) < 4.78 is 0. The number of hydrogen-bond donors (Lipinski definition) is 2. The van der Waals surface area contributed by atoms with Crippen molar-refractivity contribution in [1.82, 2.24) is 0 Å². The third-order valence-corrected chi connectivity index (χ3v) is 3.99. The van der Waals surface area contributed by atoms with Gasteiger partial charge in [0.25, 0.3) is 0 Å². The van der Waals surface area contributed by atoms with Gasteiger partial charge in [-0.15, -0.1) is 0 Å². The minimum Gasteiger partial charge on any atom is -0.481 e. The summed E-state index contributed by atoms with van der Waals surface area (Å²) in [7, 11) is 0. The van der Waals surface area contributed by atoms with Gasteiger partial charge >= 0.3 is 11.9 Å². The van der Waals surface area contributed by atoms with Crippen LogP contribution < -0.4 is 0 Å². The average Bonchev–Trinajstić information content (AvgIpc) is 2.66. The Kier molecular flexibility index (Phi) is 9.47. The second kappa shape index (κ2) is 11.6. The van der Waals surface area contributed by atoms with Gasteiger partial charge in [-0.2, -0.15) is 0 Å². The number of carboxylic acids is 2. The zero-order chi connectivity index (χ0) is 19.4. The molecule has 0 aliphatic rings.